The number of H-pyrrole nitrogens is 1. The van der Waals surface area contributed by atoms with Crippen molar-refractivity contribution >= 4 is 29.0 Å². The number of amides is 1. The number of hydrogen-bond donors (Lipinski definition) is 1. The molecule has 0 spiro atoms. The summed E-state index contributed by atoms with van der Waals surface area (Å²) < 4.78 is 7.37. The third-order valence-electron chi connectivity index (χ3n) is 4.05. The third-order valence-corrected chi connectivity index (χ3v) is 4.43. The number of aromatic nitrogens is 2. The molecule has 2 unspecified atom stereocenters. The van der Waals surface area contributed by atoms with Crippen molar-refractivity contribution in [3.8, 4) is 0 Å². The summed E-state index contributed by atoms with van der Waals surface area (Å²) in [5, 5.41) is 0.515. The Kier molecular flexibility index (Phi) is 4.08. The number of carbonyl (C=O) groups is 1. The van der Waals surface area contributed by atoms with E-state index in [1.54, 1.807) is 30.1 Å². The van der Waals surface area contributed by atoms with Gasteiger partial charge in [0.2, 0.25) is 0 Å². The first-order valence-corrected chi connectivity index (χ1v) is 7.95. The average Bonchev–Trinajstić information content (AvgIpc) is 2.50. The Labute approximate surface area is 138 Å². The van der Waals surface area contributed by atoms with Gasteiger partial charge in [-0.1, -0.05) is 0 Å². The van der Waals surface area contributed by atoms with Crippen LogP contribution in [-0.4, -0.2) is 45.7 Å². The predicted molar refractivity (Wildman–Crippen MR) is 90.3 cm³/mol. The van der Waals surface area contributed by atoms with Crippen LogP contribution in [-0.2, 0) is 11.8 Å². The van der Waals surface area contributed by atoms with Gasteiger partial charge in [-0.3, -0.25) is 14.2 Å². The van der Waals surface area contributed by atoms with Gasteiger partial charge >= 0.3 is 0 Å². The van der Waals surface area contributed by atoms with E-state index in [0.717, 1.165) is 0 Å². The highest BCUT2D eigenvalue weighted by atomic mass is 32.1. The number of nitrogens with zero attached hydrogens (tertiary/aromatic N) is 2. The van der Waals surface area contributed by atoms with Gasteiger partial charge in [-0.2, -0.15) is 0 Å². The van der Waals surface area contributed by atoms with Crippen molar-refractivity contribution in [3.05, 3.63) is 38.9 Å². The van der Waals surface area contributed by atoms with Crippen molar-refractivity contribution in [2.45, 2.75) is 26.1 Å². The Morgan fingerprint density at radius 1 is 1.30 bits per heavy atom. The molecule has 23 heavy (non-hydrogen) atoms. The maximum Gasteiger partial charge on any atom is 0.261 e. The van der Waals surface area contributed by atoms with Crippen LogP contribution in [0.4, 0.5) is 0 Å². The number of fused-ring (bicyclic) bond motifs is 1. The van der Waals surface area contributed by atoms with Gasteiger partial charge in [-0.05, 0) is 44.3 Å². The van der Waals surface area contributed by atoms with Crippen LogP contribution in [0.2, 0.25) is 0 Å². The van der Waals surface area contributed by atoms with E-state index in [9.17, 15) is 9.59 Å². The fourth-order valence-electron chi connectivity index (χ4n) is 2.97. The van der Waals surface area contributed by atoms with Gasteiger partial charge in [-0.25, -0.2) is 0 Å². The van der Waals surface area contributed by atoms with Crippen LogP contribution in [0.3, 0.4) is 0 Å². The number of aromatic amines is 1. The zero-order valence-corrected chi connectivity index (χ0v) is 14.1. The highest BCUT2D eigenvalue weighted by molar-refractivity contribution is 7.71. The summed E-state index contributed by atoms with van der Waals surface area (Å²) in [4.78, 5) is 29.7. The second-order valence-corrected chi connectivity index (χ2v) is 6.41. The molecule has 2 aromatic rings. The smallest absolute Gasteiger partial charge is 0.261 e. The first-order valence-electron chi connectivity index (χ1n) is 7.54. The van der Waals surface area contributed by atoms with Crippen LogP contribution >= 0.6 is 12.2 Å². The van der Waals surface area contributed by atoms with Gasteiger partial charge in [0.1, 0.15) is 0 Å². The molecule has 122 valence electrons. The van der Waals surface area contributed by atoms with E-state index < -0.39 is 0 Å². The average molecular weight is 333 g/mol. The fraction of sp³-hybridized carbons (Fsp3) is 0.438. The van der Waals surface area contributed by atoms with Gasteiger partial charge in [0, 0.05) is 25.7 Å². The van der Waals surface area contributed by atoms with Crippen molar-refractivity contribution in [3.63, 3.8) is 0 Å². The molecule has 3 rings (SSSR count). The standard InChI is InChI=1S/C16H19N3O3S/c1-9-7-19(8-10(2)22-9)14(20)11-4-5-12-13(6-11)17-16(23)18(3)15(12)21/h4-6,9-10H,7-8H2,1-3H3,(H,17,23). The molecule has 2 atom stereocenters. The SMILES string of the molecule is CC1CN(C(=O)c2ccc3c(=O)n(C)c(=S)[nH]c3c2)CC(C)O1. The van der Waals surface area contributed by atoms with Crippen molar-refractivity contribution in [1.82, 2.24) is 14.5 Å². The second-order valence-electron chi connectivity index (χ2n) is 6.02. The summed E-state index contributed by atoms with van der Waals surface area (Å²) in [5.74, 6) is -0.0612. The molecular weight excluding hydrogens is 314 g/mol. The molecule has 1 aromatic carbocycles. The normalized spacial score (nSPS) is 21.6. The van der Waals surface area contributed by atoms with Crippen LogP contribution in [0.1, 0.15) is 24.2 Å². The molecule has 1 aliphatic heterocycles. The largest absolute Gasteiger partial charge is 0.372 e. The highest BCUT2D eigenvalue weighted by Gasteiger charge is 2.26. The Hall–Kier alpha value is -1.99. The lowest BCUT2D eigenvalue weighted by Gasteiger charge is -2.35. The molecule has 0 radical (unpaired) electrons. The van der Waals surface area contributed by atoms with Crippen molar-refractivity contribution < 1.29 is 9.53 Å². The molecule has 6 nitrogen and oxygen atoms in total. The van der Waals surface area contributed by atoms with E-state index >= 15 is 0 Å². The number of benzene rings is 1. The quantitative estimate of drug-likeness (QED) is 0.809. The molecular formula is C16H19N3O3S. The first kappa shape index (κ1) is 15.9. The number of carbonyl (C=O) groups excluding carboxylic acids is 1. The van der Waals surface area contributed by atoms with E-state index in [1.807, 2.05) is 13.8 Å². The van der Waals surface area contributed by atoms with E-state index in [1.165, 1.54) is 4.57 Å². The lowest BCUT2D eigenvalue weighted by molar-refractivity contribution is -0.0586. The molecule has 1 fully saturated rings. The zero-order valence-electron chi connectivity index (χ0n) is 13.3. The molecule has 1 saturated heterocycles. The maximum atomic E-state index is 12.7. The molecule has 1 aliphatic rings. The summed E-state index contributed by atoms with van der Waals surface area (Å²) in [6, 6.07) is 5.05. The molecule has 7 heteroatoms. The lowest BCUT2D eigenvalue weighted by atomic mass is 10.1. The number of ether oxygens (including phenoxy) is 1. The van der Waals surface area contributed by atoms with Gasteiger partial charge in [0.25, 0.3) is 11.5 Å². The Morgan fingerprint density at radius 3 is 2.61 bits per heavy atom. The van der Waals surface area contributed by atoms with Crippen LogP contribution < -0.4 is 5.56 Å². The fourth-order valence-corrected chi connectivity index (χ4v) is 3.16. The molecule has 0 aliphatic carbocycles. The molecule has 2 heterocycles. The van der Waals surface area contributed by atoms with Gasteiger partial charge in [0.05, 0.1) is 23.1 Å². The summed E-state index contributed by atoms with van der Waals surface area (Å²) in [6.45, 7) is 5.04. The van der Waals surface area contributed by atoms with Crippen molar-refractivity contribution in [2.24, 2.45) is 7.05 Å². The van der Waals surface area contributed by atoms with Crippen LogP contribution in [0.25, 0.3) is 10.9 Å². The zero-order chi connectivity index (χ0) is 16.7. The lowest BCUT2D eigenvalue weighted by Crippen LogP contribution is -2.48. The van der Waals surface area contributed by atoms with Gasteiger partial charge < -0.3 is 14.6 Å². The summed E-state index contributed by atoms with van der Waals surface area (Å²) >= 11 is 5.13. The minimum Gasteiger partial charge on any atom is -0.372 e. The molecule has 1 aromatic heterocycles. The van der Waals surface area contributed by atoms with Crippen LogP contribution in [0.5, 0.6) is 0 Å². The summed E-state index contributed by atoms with van der Waals surface area (Å²) in [7, 11) is 1.62. The molecule has 0 saturated carbocycles. The first-order chi connectivity index (χ1) is 10.9. The third kappa shape index (κ3) is 2.94. The Balaban J connectivity index is 2.00. The predicted octanol–water partition coefficient (Wildman–Crippen LogP) is 1.85. The van der Waals surface area contributed by atoms with Gasteiger partial charge in [-0.15, -0.1) is 0 Å². The summed E-state index contributed by atoms with van der Waals surface area (Å²) in [5.41, 5.74) is 0.951. The number of hydrogen-bond acceptors (Lipinski definition) is 4. The van der Waals surface area contributed by atoms with E-state index in [0.29, 0.717) is 34.3 Å². The van der Waals surface area contributed by atoms with E-state index in [4.69, 9.17) is 17.0 Å². The topological polar surface area (TPSA) is 67.3 Å². The molecule has 1 amide bonds. The molecule has 1 N–H and O–H groups in total. The van der Waals surface area contributed by atoms with Crippen molar-refractivity contribution in [2.75, 3.05) is 13.1 Å². The van der Waals surface area contributed by atoms with Crippen molar-refractivity contribution in [1.29, 1.82) is 0 Å². The minimum atomic E-state index is -0.170. The minimum absolute atomic E-state index is 0.0151. The van der Waals surface area contributed by atoms with Crippen LogP contribution in [0, 0.1) is 4.77 Å². The number of morpholine rings is 1. The van der Waals surface area contributed by atoms with Crippen LogP contribution in [0.15, 0.2) is 23.0 Å². The number of rotatable bonds is 1. The highest BCUT2D eigenvalue weighted by Crippen LogP contribution is 2.17. The summed E-state index contributed by atoms with van der Waals surface area (Å²) in [6.07, 6.45) is 0.0301. The Bertz CT molecular complexity index is 876. The Morgan fingerprint density at radius 2 is 1.96 bits per heavy atom. The molecule has 0 bridgehead atoms. The number of nitrogens with one attached hydrogen (secondary N) is 1. The maximum absolute atomic E-state index is 12.7. The van der Waals surface area contributed by atoms with E-state index in [-0.39, 0.29) is 23.7 Å². The van der Waals surface area contributed by atoms with E-state index in [2.05, 4.69) is 4.98 Å². The monoisotopic (exact) mass is 333 g/mol. The van der Waals surface area contributed by atoms with Gasteiger partial charge in [0.15, 0.2) is 4.77 Å². The second kappa shape index (κ2) is 5.90.